The molecule has 0 saturated carbocycles. The van der Waals surface area contributed by atoms with Crippen molar-refractivity contribution in [3.05, 3.63) is 40.0 Å². The van der Waals surface area contributed by atoms with Crippen LogP contribution in [0.2, 0.25) is 0 Å². The van der Waals surface area contributed by atoms with E-state index < -0.39 is 0 Å². The number of rotatable bonds is 4. The number of hydrogen-bond acceptors (Lipinski definition) is 4. The monoisotopic (exact) mass is 310 g/mol. The van der Waals surface area contributed by atoms with Crippen molar-refractivity contribution in [1.29, 1.82) is 0 Å². The summed E-state index contributed by atoms with van der Waals surface area (Å²) < 4.78 is 12.1. The standard InChI is InChI=1S/C13H15BrN2O2/c1-8(2)11-6-10(14)4-5-12(11)17-7-13-16-15-9(3)18-13/h4-6,8H,7H2,1-3H3. The van der Waals surface area contributed by atoms with Crippen molar-refractivity contribution in [3.8, 4) is 5.75 Å². The van der Waals surface area contributed by atoms with Crippen molar-refractivity contribution in [1.82, 2.24) is 10.2 Å². The Bertz CT molecular complexity index is 538. The molecular formula is C13H15BrN2O2. The van der Waals surface area contributed by atoms with Crippen molar-refractivity contribution in [2.75, 3.05) is 0 Å². The number of nitrogens with zero attached hydrogens (tertiary/aromatic N) is 2. The molecule has 0 saturated heterocycles. The van der Waals surface area contributed by atoms with Gasteiger partial charge in [-0.15, -0.1) is 10.2 Å². The highest BCUT2D eigenvalue weighted by Crippen LogP contribution is 2.29. The number of ether oxygens (including phenoxy) is 1. The topological polar surface area (TPSA) is 48.2 Å². The molecule has 4 nitrogen and oxygen atoms in total. The fourth-order valence-electron chi connectivity index (χ4n) is 1.64. The molecule has 0 unspecified atom stereocenters. The van der Waals surface area contributed by atoms with Crippen molar-refractivity contribution in [2.24, 2.45) is 0 Å². The molecule has 2 aromatic rings. The second kappa shape index (κ2) is 5.52. The van der Waals surface area contributed by atoms with Gasteiger partial charge in [0.2, 0.25) is 5.89 Å². The Morgan fingerprint density at radius 2 is 2.11 bits per heavy atom. The van der Waals surface area contributed by atoms with E-state index in [0.29, 0.717) is 24.3 Å². The van der Waals surface area contributed by atoms with Crippen molar-refractivity contribution in [3.63, 3.8) is 0 Å². The zero-order chi connectivity index (χ0) is 13.1. The van der Waals surface area contributed by atoms with Gasteiger partial charge in [0, 0.05) is 11.4 Å². The Morgan fingerprint density at radius 3 is 2.72 bits per heavy atom. The van der Waals surface area contributed by atoms with E-state index in [-0.39, 0.29) is 0 Å². The van der Waals surface area contributed by atoms with Gasteiger partial charge in [-0.05, 0) is 29.7 Å². The SMILES string of the molecule is Cc1nnc(COc2ccc(Br)cc2C(C)C)o1. The molecule has 5 heteroatoms. The van der Waals surface area contributed by atoms with E-state index in [1.807, 2.05) is 12.1 Å². The quantitative estimate of drug-likeness (QED) is 0.860. The highest BCUT2D eigenvalue weighted by molar-refractivity contribution is 9.10. The summed E-state index contributed by atoms with van der Waals surface area (Å²) in [5.74, 6) is 2.28. The Morgan fingerprint density at radius 1 is 1.33 bits per heavy atom. The van der Waals surface area contributed by atoms with Gasteiger partial charge in [0.05, 0.1) is 0 Å². The van der Waals surface area contributed by atoms with Gasteiger partial charge in [-0.2, -0.15) is 0 Å². The molecule has 1 heterocycles. The van der Waals surface area contributed by atoms with Crippen molar-refractivity contribution in [2.45, 2.75) is 33.3 Å². The number of aryl methyl sites for hydroxylation is 1. The first-order chi connectivity index (χ1) is 8.56. The van der Waals surface area contributed by atoms with Gasteiger partial charge < -0.3 is 9.15 Å². The van der Waals surface area contributed by atoms with Gasteiger partial charge >= 0.3 is 0 Å². The van der Waals surface area contributed by atoms with Gasteiger partial charge in [-0.3, -0.25) is 0 Å². The average molecular weight is 311 g/mol. The first kappa shape index (κ1) is 13.1. The van der Waals surface area contributed by atoms with E-state index >= 15 is 0 Å². The highest BCUT2D eigenvalue weighted by Gasteiger charge is 2.10. The first-order valence-electron chi connectivity index (χ1n) is 5.77. The van der Waals surface area contributed by atoms with Crippen LogP contribution in [0.4, 0.5) is 0 Å². The van der Waals surface area contributed by atoms with Gasteiger partial charge in [0.15, 0.2) is 6.61 Å². The zero-order valence-corrected chi connectivity index (χ0v) is 12.2. The molecule has 0 spiro atoms. The molecule has 96 valence electrons. The minimum Gasteiger partial charge on any atom is -0.484 e. The van der Waals surface area contributed by atoms with Crippen LogP contribution >= 0.6 is 15.9 Å². The molecule has 18 heavy (non-hydrogen) atoms. The summed E-state index contributed by atoms with van der Waals surface area (Å²) in [7, 11) is 0. The lowest BCUT2D eigenvalue weighted by Crippen LogP contribution is -2.00. The summed E-state index contributed by atoms with van der Waals surface area (Å²) in [6.45, 7) is 6.31. The third-order valence-electron chi connectivity index (χ3n) is 2.51. The van der Waals surface area contributed by atoms with Crippen LogP contribution in [0.25, 0.3) is 0 Å². The van der Waals surface area contributed by atoms with Crippen molar-refractivity contribution >= 4 is 15.9 Å². The highest BCUT2D eigenvalue weighted by atomic mass is 79.9. The van der Waals surface area contributed by atoms with E-state index in [2.05, 4.69) is 46.0 Å². The van der Waals surface area contributed by atoms with E-state index in [9.17, 15) is 0 Å². The molecule has 0 N–H and O–H groups in total. The van der Waals surface area contributed by atoms with E-state index in [4.69, 9.17) is 9.15 Å². The Labute approximate surface area is 114 Å². The lowest BCUT2D eigenvalue weighted by Gasteiger charge is -2.13. The third-order valence-corrected chi connectivity index (χ3v) is 3.01. The maximum atomic E-state index is 5.74. The molecular weight excluding hydrogens is 296 g/mol. The lowest BCUT2D eigenvalue weighted by molar-refractivity contribution is 0.257. The van der Waals surface area contributed by atoms with Crippen LogP contribution < -0.4 is 4.74 Å². The average Bonchev–Trinajstić information content (AvgIpc) is 2.73. The summed E-state index contributed by atoms with van der Waals surface area (Å²) >= 11 is 3.47. The molecule has 0 radical (unpaired) electrons. The summed E-state index contributed by atoms with van der Waals surface area (Å²) in [5, 5.41) is 7.67. The Kier molecular flexibility index (Phi) is 4.01. The third kappa shape index (κ3) is 3.10. The maximum absolute atomic E-state index is 5.74. The predicted molar refractivity (Wildman–Crippen MR) is 71.6 cm³/mol. The minimum atomic E-state index is 0.294. The molecule has 2 rings (SSSR count). The van der Waals surface area contributed by atoms with E-state index in [0.717, 1.165) is 15.8 Å². The smallest absolute Gasteiger partial charge is 0.253 e. The largest absolute Gasteiger partial charge is 0.484 e. The molecule has 0 atom stereocenters. The first-order valence-corrected chi connectivity index (χ1v) is 6.57. The van der Waals surface area contributed by atoms with Crippen LogP contribution in [-0.4, -0.2) is 10.2 Å². The number of aromatic nitrogens is 2. The second-order valence-corrected chi connectivity index (χ2v) is 5.26. The molecule has 1 aromatic carbocycles. The molecule has 0 aliphatic carbocycles. The van der Waals surface area contributed by atoms with Gasteiger partial charge in [-0.1, -0.05) is 29.8 Å². The fourth-order valence-corrected chi connectivity index (χ4v) is 2.02. The zero-order valence-electron chi connectivity index (χ0n) is 10.6. The van der Waals surface area contributed by atoms with Gasteiger partial charge in [0.25, 0.3) is 5.89 Å². The van der Waals surface area contributed by atoms with E-state index in [1.165, 1.54) is 0 Å². The molecule has 0 amide bonds. The predicted octanol–water partition coefficient (Wildman–Crippen LogP) is 3.84. The van der Waals surface area contributed by atoms with Crippen LogP contribution in [-0.2, 0) is 6.61 Å². The summed E-state index contributed by atoms with van der Waals surface area (Å²) in [6, 6.07) is 5.97. The number of halogens is 1. The van der Waals surface area contributed by atoms with Crippen LogP contribution in [0.1, 0.15) is 37.1 Å². The minimum absolute atomic E-state index is 0.294. The Hall–Kier alpha value is -1.36. The maximum Gasteiger partial charge on any atom is 0.253 e. The number of hydrogen-bond donors (Lipinski definition) is 0. The fraction of sp³-hybridized carbons (Fsp3) is 0.385. The molecule has 0 fully saturated rings. The van der Waals surface area contributed by atoms with Crippen LogP contribution in [0.3, 0.4) is 0 Å². The van der Waals surface area contributed by atoms with Crippen LogP contribution in [0.15, 0.2) is 27.1 Å². The van der Waals surface area contributed by atoms with E-state index in [1.54, 1.807) is 6.92 Å². The van der Waals surface area contributed by atoms with Crippen LogP contribution in [0.5, 0.6) is 5.75 Å². The number of benzene rings is 1. The summed E-state index contributed by atoms with van der Waals surface area (Å²) in [6.07, 6.45) is 0. The van der Waals surface area contributed by atoms with Crippen molar-refractivity contribution < 1.29 is 9.15 Å². The second-order valence-electron chi connectivity index (χ2n) is 4.34. The van der Waals surface area contributed by atoms with Gasteiger partial charge in [0.1, 0.15) is 5.75 Å². The molecule has 1 aromatic heterocycles. The summed E-state index contributed by atoms with van der Waals surface area (Å²) in [5.41, 5.74) is 1.15. The molecule has 0 bridgehead atoms. The normalized spacial score (nSPS) is 10.9. The lowest BCUT2D eigenvalue weighted by atomic mass is 10.0. The summed E-state index contributed by atoms with van der Waals surface area (Å²) in [4.78, 5) is 0. The van der Waals surface area contributed by atoms with Crippen LogP contribution in [0, 0.1) is 6.92 Å². The molecule has 0 aliphatic rings. The van der Waals surface area contributed by atoms with Gasteiger partial charge in [-0.25, -0.2) is 0 Å². The molecule has 0 aliphatic heterocycles. The Balaban J connectivity index is 2.13.